The van der Waals surface area contributed by atoms with E-state index in [2.05, 4.69) is 10.6 Å². The quantitative estimate of drug-likeness (QED) is 0.362. The first-order valence-electron chi connectivity index (χ1n) is 9.79. The molecule has 2 rings (SSSR count). The molecule has 6 heteroatoms. The van der Waals surface area contributed by atoms with Crippen molar-refractivity contribution in [1.29, 1.82) is 0 Å². The van der Waals surface area contributed by atoms with Crippen molar-refractivity contribution in [2.45, 2.75) is 46.2 Å². The average Bonchev–Trinajstić information content (AvgIpc) is 2.66. The number of ether oxygens (including phenoxy) is 1. The smallest absolute Gasteiger partial charge is 0.311 e. The van der Waals surface area contributed by atoms with Crippen LogP contribution in [0.25, 0.3) is 0 Å². The molecule has 0 radical (unpaired) electrons. The molecule has 0 saturated carbocycles. The van der Waals surface area contributed by atoms with E-state index in [4.69, 9.17) is 22.7 Å². The molecule has 0 aliphatic carbocycles. The highest BCUT2D eigenvalue weighted by Gasteiger charge is 2.24. The predicted octanol–water partition coefficient (Wildman–Crippen LogP) is 3.99. The highest BCUT2D eigenvalue weighted by molar-refractivity contribution is 7.80. The van der Waals surface area contributed by atoms with Gasteiger partial charge >= 0.3 is 5.97 Å². The summed E-state index contributed by atoms with van der Waals surface area (Å²) >= 11 is 5.51. The number of esters is 1. The van der Waals surface area contributed by atoms with Crippen LogP contribution in [0.1, 0.15) is 44.9 Å². The van der Waals surface area contributed by atoms with Crippen LogP contribution in [0.15, 0.2) is 54.6 Å². The Bertz CT molecular complexity index is 801. The summed E-state index contributed by atoms with van der Waals surface area (Å²) in [6, 6.07) is 17.6. The maximum absolute atomic E-state index is 12.2. The molecule has 4 N–H and O–H groups in total. The number of nitrogens with one attached hydrogen (secondary N) is 2. The zero-order chi connectivity index (χ0) is 21.4. The minimum absolute atomic E-state index is 0.0186. The van der Waals surface area contributed by atoms with Crippen LogP contribution in [0.4, 0.5) is 5.69 Å². The molecule has 2 aromatic carbocycles. The summed E-state index contributed by atoms with van der Waals surface area (Å²) in [5, 5.41) is 7.11. The molecule has 29 heavy (non-hydrogen) atoms. The van der Waals surface area contributed by atoms with Gasteiger partial charge in [0, 0.05) is 5.69 Å². The minimum atomic E-state index is -0.542. The second kappa shape index (κ2) is 10.3. The highest BCUT2D eigenvalue weighted by Crippen LogP contribution is 2.16. The molecule has 2 aromatic rings. The lowest BCUT2D eigenvalue weighted by Crippen LogP contribution is -2.46. The van der Waals surface area contributed by atoms with Gasteiger partial charge < -0.3 is 21.1 Å². The monoisotopic (exact) mass is 413 g/mol. The van der Waals surface area contributed by atoms with Crippen molar-refractivity contribution in [3.63, 3.8) is 0 Å². The van der Waals surface area contributed by atoms with E-state index in [-0.39, 0.29) is 24.7 Å². The van der Waals surface area contributed by atoms with Crippen molar-refractivity contribution in [3.05, 3.63) is 65.7 Å². The van der Waals surface area contributed by atoms with E-state index in [1.54, 1.807) is 0 Å². The average molecular weight is 414 g/mol. The molecule has 2 atom stereocenters. The van der Waals surface area contributed by atoms with Gasteiger partial charge in [0.2, 0.25) is 0 Å². The van der Waals surface area contributed by atoms with Crippen molar-refractivity contribution >= 4 is 29.0 Å². The number of rotatable bonds is 7. The molecule has 0 aliphatic rings. The third-order valence-electron chi connectivity index (χ3n) is 4.47. The summed E-state index contributed by atoms with van der Waals surface area (Å²) in [6.45, 7) is 7.80. The Hall–Kier alpha value is -2.60. The number of carbonyl (C=O) groups is 1. The first-order chi connectivity index (χ1) is 13.6. The van der Waals surface area contributed by atoms with Gasteiger partial charge in [0.1, 0.15) is 6.61 Å². The van der Waals surface area contributed by atoms with Crippen LogP contribution < -0.4 is 16.4 Å². The molecule has 5 nitrogen and oxygen atoms in total. The van der Waals surface area contributed by atoms with E-state index in [9.17, 15) is 4.79 Å². The fourth-order valence-corrected chi connectivity index (χ4v) is 3.08. The van der Waals surface area contributed by atoms with E-state index in [0.717, 1.165) is 16.8 Å². The summed E-state index contributed by atoms with van der Waals surface area (Å²) < 4.78 is 5.54. The lowest BCUT2D eigenvalue weighted by atomic mass is 9.97. The SMILES string of the molecule is C[C@H](NC(=S)N[C@H](COC(=O)C(C)(C)C)Cc1ccccc1)c1ccc(N)cc1. The molecule has 0 aliphatic heterocycles. The third-order valence-corrected chi connectivity index (χ3v) is 4.71. The number of carbonyl (C=O) groups excluding carboxylic acids is 1. The maximum atomic E-state index is 12.2. The van der Waals surface area contributed by atoms with Gasteiger partial charge in [-0.1, -0.05) is 42.5 Å². The summed E-state index contributed by atoms with van der Waals surface area (Å²) in [6.07, 6.45) is 0.691. The number of benzene rings is 2. The molecule has 0 bridgehead atoms. The summed E-state index contributed by atoms with van der Waals surface area (Å²) in [7, 11) is 0. The van der Waals surface area contributed by atoms with Crippen molar-refractivity contribution in [2.75, 3.05) is 12.3 Å². The zero-order valence-corrected chi connectivity index (χ0v) is 18.4. The molecule has 0 amide bonds. The van der Waals surface area contributed by atoms with Crippen LogP contribution in [0.3, 0.4) is 0 Å². The molecule has 0 spiro atoms. The molecule has 0 fully saturated rings. The highest BCUT2D eigenvalue weighted by atomic mass is 32.1. The maximum Gasteiger partial charge on any atom is 0.311 e. The fourth-order valence-electron chi connectivity index (χ4n) is 2.73. The van der Waals surface area contributed by atoms with Crippen LogP contribution >= 0.6 is 12.2 Å². The third kappa shape index (κ3) is 7.74. The van der Waals surface area contributed by atoms with Gasteiger partial charge in [-0.3, -0.25) is 4.79 Å². The normalized spacial score (nSPS) is 13.2. The Morgan fingerprint density at radius 2 is 1.69 bits per heavy atom. The van der Waals surface area contributed by atoms with Gasteiger partial charge in [0.05, 0.1) is 17.5 Å². The summed E-state index contributed by atoms with van der Waals surface area (Å²) in [5.41, 5.74) is 8.17. The van der Waals surface area contributed by atoms with Gasteiger partial charge in [-0.15, -0.1) is 0 Å². The van der Waals surface area contributed by atoms with Crippen molar-refractivity contribution in [2.24, 2.45) is 5.41 Å². The molecule has 0 heterocycles. The second-order valence-corrected chi connectivity index (χ2v) is 8.65. The van der Waals surface area contributed by atoms with Gasteiger partial charge in [-0.05, 0) is 69.6 Å². The Kier molecular flexibility index (Phi) is 8.02. The number of anilines is 1. The van der Waals surface area contributed by atoms with Crippen molar-refractivity contribution in [1.82, 2.24) is 10.6 Å². The largest absolute Gasteiger partial charge is 0.463 e. The van der Waals surface area contributed by atoms with Gasteiger partial charge in [0.25, 0.3) is 0 Å². The first kappa shape index (κ1) is 22.7. The van der Waals surface area contributed by atoms with E-state index in [0.29, 0.717) is 11.5 Å². The van der Waals surface area contributed by atoms with Crippen LogP contribution in [-0.2, 0) is 16.0 Å². The number of nitrogens with two attached hydrogens (primary N) is 1. The van der Waals surface area contributed by atoms with E-state index >= 15 is 0 Å². The second-order valence-electron chi connectivity index (χ2n) is 8.24. The lowest BCUT2D eigenvalue weighted by molar-refractivity contribution is -0.153. The topological polar surface area (TPSA) is 76.4 Å². The van der Waals surface area contributed by atoms with Crippen LogP contribution in [0.2, 0.25) is 0 Å². The van der Waals surface area contributed by atoms with Crippen LogP contribution in [0, 0.1) is 5.41 Å². The zero-order valence-electron chi connectivity index (χ0n) is 17.6. The Balaban J connectivity index is 2.00. The number of hydrogen-bond acceptors (Lipinski definition) is 4. The van der Waals surface area contributed by atoms with Crippen molar-refractivity contribution in [3.8, 4) is 0 Å². The number of nitrogen functional groups attached to an aromatic ring is 1. The van der Waals surface area contributed by atoms with Gasteiger partial charge in [-0.25, -0.2) is 0 Å². The van der Waals surface area contributed by atoms with Crippen LogP contribution in [-0.4, -0.2) is 23.7 Å². The molecule has 0 saturated heterocycles. The molecule has 0 aromatic heterocycles. The first-order valence-corrected chi connectivity index (χ1v) is 10.2. The molecule has 0 unspecified atom stereocenters. The number of hydrogen-bond donors (Lipinski definition) is 3. The molecular formula is C23H31N3O2S. The van der Waals surface area contributed by atoms with Gasteiger partial charge in [-0.2, -0.15) is 0 Å². The van der Waals surface area contributed by atoms with Gasteiger partial charge in [0.15, 0.2) is 5.11 Å². The van der Waals surface area contributed by atoms with Crippen LogP contribution in [0.5, 0.6) is 0 Å². The van der Waals surface area contributed by atoms with E-state index in [1.165, 1.54) is 0 Å². The standard InChI is InChI=1S/C23H31N3O2S/c1-16(18-10-12-19(24)13-11-18)25-22(29)26-20(14-17-8-6-5-7-9-17)15-28-21(27)23(2,3)4/h5-13,16,20H,14-15,24H2,1-4H3,(H2,25,26,29)/t16-,20-/m0/s1. The fraction of sp³-hybridized carbons (Fsp3) is 0.391. The van der Waals surface area contributed by atoms with E-state index in [1.807, 2.05) is 82.3 Å². The Morgan fingerprint density at radius 3 is 2.28 bits per heavy atom. The molecule has 156 valence electrons. The summed E-state index contributed by atoms with van der Waals surface area (Å²) in [5.74, 6) is -0.230. The van der Waals surface area contributed by atoms with Crippen molar-refractivity contribution < 1.29 is 9.53 Å². The molecular weight excluding hydrogens is 382 g/mol. The van der Waals surface area contributed by atoms with E-state index < -0.39 is 5.41 Å². The Labute approximate surface area is 179 Å². The Morgan fingerprint density at radius 1 is 1.07 bits per heavy atom. The summed E-state index contributed by atoms with van der Waals surface area (Å²) in [4.78, 5) is 12.2. The number of thiocarbonyl (C=S) groups is 1. The predicted molar refractivity (Wildman–Crippen MR) is 122 cm³/mol. The minimum Gasteiger partial charge on any atom is -0.463 e. The lowest BCUT2D eigenvalue weighted by Gasteiger charge is -2.25.